The minimum atomic E-state index is -1.43. The van der Waals surface area contributed by atoms with Crippen molar-refractivity contribution in [3.63, 3.8) is 0 Å². The van der Waals surface area contributed by atoms with Crippen LogP contribution >= 0.6 is 0 Å². The summed E-state index contributed by atoms with van der Waals surface area (Å²) in [7, 11) is 0. The third kappa shape index (κ3) is 6.44. The number of carboxylic acid groups (broad SMARTS) is 1. The van der Waals surface area contributed by atoms with Crippen molar-refractivity contribution >= 4 is 23.8 Å². The van der Waals surface area contributed by atoms with E-state index in [-0.39, 0.29) is 63.1 Å². The van der Waals surface area contributed by atoms with Crippen molar-refractivity contribution in [1.82, 2.24) is 0 Å². The molecule has 0 heterocycles. The van der Waals surface area contributed by atoms with Gasteiger partial charge in [0.2, 0.25) is 0 Å². The Balaban J connectivity index is 0.000000246. The standard InChI is InChI=1S/C30H46O4.C14H20O4/c1-25(2)21-8-11-30(7)23(28(21,5)10-9-22(25)32)20(31)16-18-19-17-27(4,24(33)34)13-12-26(19,3)14-15-29(18,30)6;1-2-3-4-5-6-7-10-8-12(16)14(18)13(17)11(10)9-15/h16,19,21-23,32H,8-15,17H2,1-7H3,(H,33,34);4-7,9-12,14,16,18H,2-3,8H2,1H3. The summed E-state index contributed by atoms with van der Waals surface area (Å²) >= 11 is 0. The molecule has 13 unspecified atom stereocenters. The lowest BCUT2D eigenvalue weighted by molar-refractivity contribution is -0.202. The number of unbranched alkanes of at least 4 members (excludes halogenated alkanes) is 1. The molecule has 52 heavy (non-hydrogen) atoms. The summed E-state index contributed by atoms with van der Waals surface area (Å²) in [5, 5.41) is 39.9. The highest BCUT2D eigenvalue weighted by atomic mass is 16.4. The Bertz CT molecular complexity index is 1510. The molecule has 0 amide bonds. The van der Waals surface area contributed by atoms with Crippen molar-refractivity contribution in [2.45, 2.75) is 151 Å². The maximum atomic E-state index is 14.2. The monoisotopic (exact) mass is 722 g/mol. The van der Waals surface area contributed by atoms with Gasteiger partial charge in [0, 0.05) is 5.92 Å². The SMILES string of the molecule is CC1(C(=O)O)CCC2(C)CCC3(C)C(=CC(=O)C4C5(C)CCC(O)C(C)(C)C5CCC43C)C2C1.CCCC=CC=CC1CC(O)C(O)C(=O)C1C=O. The van der Waals surface area contributed by atoms with E-state index in [4.69, 9.17) is 0 Å². The van der Waals surface area contributed by atoms with Crippen LogP contribution < -0.4 is 0 Å². The second kappa shape index (κ2) is 14.3. The Morgan fingerprint density at radius 1 is 0.904 bits per heavy atom. The molecule has 5 fully saturated rings. The van der Waals surface area contributed by atoms with Gasteiger partial charge in [-0.05, 0) is 128 Å². The Morgan fingerprint density at radius 3 is 2.21 bits per heavy atom. The Morgan fingerprint density at radius 2 is 1.58 bits per heavy atom. The number of aliphatic carboxylic acids is 1. The van der Waals surface area contributed by atoms with E-state index in [1.165, 1.54) is 5.57 Å². The zero-order valence-corrected chi connectivity index (χ0v) is 33.0. The lowest BCUT2D eigenvalue weighted by Gasteiger charge is -2.70. The van der Waals surface area contributed by atoms with E-state index in [0.717, 1.165) is 64.2 Å². The summed E-state index contributed by atoms with van der Waals surface area (Å²) in [6.45, 7) is 17.9. The number of hydrogen-bond donors (Lipinski definition) is 4. The predicted molar refractivity (Wildman–Crippen MR) is 201 cm³/mol. The second-order valence-corrected chi connectivity index (χ2v) is 19.5. The first kappa shape index (κ1) is 40.8. The molecule has 0 aliphatic heterocycles. The number of allylic oxidation sites excluding steroid dienone is 6. The summed E-state index contributed by atoms with van der Waals surface area (Å²) in [4.78, 5) is 49.0. The molecule has 0 aromatic rings. The number of carboxylic acids is 1. The number of aliphatic hydroxyl groups is 3. The number of carbonyl (C=O) groups is 4. The van der Waals surface area contributed by atoms with E-state index in [1.807, 2.05) is 25.2 Å². The third-order valence-electron chi connectivity index (χ3n) is 16.2. The fourth-order valence-corrected chi connectivity index (χ4v) is 12.4. The van der Waals surface area contributed by atoms with Crippen LogP contribution in [0.25, 0.3) is 0 Å². The number of Topliss-reactive ketones (excluding diaryl/α,β-unsaturated/α-hetero) is 1. The second-order valence-electron chi connectivity index (χ2n) is 19.5. The molecule has 8 heteroatoms. The van der Waals surface area contributed by atoms with Gasteiger partial charge in [0.1, 0.15) is 12.4 Å². The van der Waals surface area contributed by atoms with Gasteiger partial charge in [0.15, 0.2) is 11.6 Å². The highest BCUT2D eigenvalue weighted by Crippen LogP contribution is 2.75. The molecule has 13 atom stereocenters. The van der Waals surface area contributed by atoms with Gasteiger partial charge in [-0.2, -0.15) is 0 Å². The molecule has 6 aliphatic rings. The molecule has 0 aromatic heterocycles. The van der Waals surface area contributed by atoms with E-state index >= 15 is 0 Å². The maximum absolute atomic E-state index is 14.2. The molecule has 0 radical (unpaired) electrons. The third-order valence-corrected chi connectivity index (χ3v) is 16.2. The number of fused-ring (bicyclic) bond motifs is 7. The number of hydrogen-bond acceptors (Lipinski definition) is 7. The van der Waals surface area contributed by atoms with Crippen LogP contribution in [0.5, 0.6) is 0 Å². The molecule has 0 bridgehead atoms. The van der Waals surface area contributed by atoms with Crippen LogP contribution in [0.2, 0.25) is 0 Å². The topological polar surface area (TPSA) is 149 Å². The summed E-state index contributed by atoms with van der Waals surface area (Å²) in [6.07, 6.45) is 17.7. The van der Waals surface area contributed by atoms with Gasteiger partial charge in [-0.15, -0.1) is 0 Å². The van der Waals surface area contributed by atoms with Gasteiger partial charge in [0.05, 0.1) is 23.5 Å². The van der Waals surface area contributed by atoms with Crippen LogP contribution in [0.3, 0.4) is 0 Å². The van der Waals surface area contributed by atoms with E-state index in [1.54, 1.807) is 12.2 Å². The average Bonchev–Trinajstić information content (AvgIpc) is 3.07. The average molecular weight is 723 g/mol. The first-order valence-electron chi connectivity index (χ1n) is 20.0. The molecule has 0 aromatic carbocycles. The predicted octanol–water partition coefficient (Wildman–Crippen LogP) is 7.44. The van der Waals surface area contributed by atoms with Crippen molar-refractivity contribution in [3.8, 4) is 0 Å². The molecule has 8 nitrogen and oxygen atoms in total. The van der Waals surface area contributed by atoms with Gasteiger partial charge in [-0.3, -0.25) is 14.4 Å². The fraction of sp³-hybridized carbons (Fsp3) is 0.773. The largest absolute Gasteiger partial charge is 0.481 e. The van der Waals surface area contributed by atoms with E-state index < -0.39 is 35.3 Å². The summed E-state index contributed by atoms with van der Waals surface area (Å²) in [6, 6.07) is 0. The maximum Gasteiger partial charge on any atom is 0.309 e. The molecule has 6 aliphatic carbocycles. The molecule has 290 valence electrons. The minimum Gasteiger partial charge on any atom is -0.481 e. The van der Waals surface area contributed by atoms with Gasteiger partial charge in [0.25, 0.3) is 0 Å². The van der Waals surface area contributed by atoms with Crippen LogP contribution in [0.15, 0.2) is 36.0 Å². The lowest BCUT2D eigenvalue weighted by Crippen LogP contribution is -2.66. The Hall–Kier alpha value is -2.42. The van der Waals surface area contributed by atoms with Crippen LogP contribution in [0.1, 0.15) is 132 Å². The first-order chi connectivity index (χ1) is 24.2. The summed E-state index contributed by atoms with van der Waals surface area (Å²) in [5.41, 5.74) is 0.142. The first-order valence-corrected chi connectivity index (χ1v) is 20.0. The number of rotatable bonds is 6. The van der Waals surface area contributed by atoms with E-state index in [2.05, 4.69) is 48.5 Å². The molecular weight excluding hydrogens is 656 g/mol. The van der Waals surface area contributed by atoms with Crippen molar-refractivity contribution in [2.24, 2.45) is 62.1 Å². The number of aliphatic hydroxyl groups excluding tert-OH is 3. The van der Waals surface area contributed by atoms with Crippen molar-refractivity contribution in [1.29, 1.82) is 0 Å². The van der Waals surface area contributed by atoms with Crippen molar-refractivity contribution in [3.05, 3.63) is 36.0 Å². The highest BCUT2D eigenvalue weighted by Gasteiger charge is 2.70. The Kier molecular flexibility index (Phi) is 11.2. The van der Waals surface area contributed by atoms with Crippen LogP contribution in [0, 0.1) is 62.1 Å². The fourth-order valence-electron chi connectivity index (χ4n) is 12.4. The molecule has 0 spiro atoms. The number of aldehydes is 1. The molecule has 5 saturated carbocycles. The molecule has 6 rings (SSSR count). The van der Waals surface area contributed by atoms with E-state index in [9.17, 15) is 39.6 Å². The molecule has 4 N–H and O–H groups in total. The van der Waals surface area contributed by atoms with Crippen LogP contribution in [-0.2, 0) is 19.2 Å². The van der Waals surface area contributed by atoms with Crippen LogP contribution in [-0.4, -0.2) is 62.6 Å². The normalized spacial score (nSPS) is 46.9. The quantitative estimate of drug-likeness (QED) is 0.126. The zero-order chi connectivity index (χ0) is 38.7. The van der Waals surface area contributed by atoms with Gasteiger partial charge >= 0.3 is 5.97 Å². The summed E-state index contributed by atoms with van der Waals surface area (Å²) in [5.74, 6) is -1.71. The highest BCUT2D eigenvalue weighted by molar-refractivity contribution is 5.98. The smallest absolute Gasteiger partial charge is 0.309 e. The van der Waals surface area contributed by atoms with Crippen molar-refractivity contribution < 1.29 is 39.6 Å². The van der Waals surface area contributed by atoms with Gasteiger partial charge in [-0.1, -0.05) is 84.8 Å². The molecule has 0 saturated heterocycles. The van der Waals surface area contributed by atoms with Gasteiger partial charge < -0.3 is 25.2 Å². The van der Waals surface area contributed by atoms with Crippen molar-refractivity contribution in [2.75, 3.05) is 0 Å². The van der Waals surface area contributed by atoms with Crippen LogP contribution in [0.4, 0.5) is 0 Å². The Labute approximate surface area is 311 Å². The minimum absolute atomic E-state index is 0.0296. The van der Waals surface area contributed by atoms with E-state index in [0.29, 0.717) is 18.6 Å². The summed E-state index contributed by atoms with van der Waals surface area (Å²) < 4.78 is 0. The molecular formula is C44H66O8. The number of ketones is 2. The zero-order valence-electron chi connectivity index (χ0n) is 33.0. The van der Waals surface area contributed by atoms with Gasteiger partial charge in [-0.25, -0.2) is 0 Å². The number of carbonyl (C=O) groups excluding carboxylic acids is 3. The lowest BCUT2D eigenvalue weighted by atomic mass is 9.33.